The Morgan fingerprint density at radius 1 is 1.16 bits per heavy atom. The summed E-state index contributed by atoms with van der Waals surface area (Å²) in [5.41, 5.74) is 1.25. The van der Waals surface area contributed by atoms with Crippen LogP contribution < -0.4 is 10.6 Å². The summed E-state index contributed by atoms with van der Waals surface area (Å²) in [5, 5.41) is 5.13. The van der Waals surface area contributed by atoms with Gasteiger partial charge in [0, 0.05) is 40.2 Å². The number of hydrogen-bond donors (Lipinski definition) is 2. The Morgan fingerprint density at radius 2 is 1.88 bits per heavy atom. The van der Waals surface area contributed by atoms with E-state index in [9.17, 15) is 14.4 Å². The van der Waals surface area contributed by atoms with Crippen molar-refractivity contribution in [1.82, 2.24) is 20.4 Å². The Kier molecular flexibility index (Phi) is 6.94. The van der Waals surface area contributed by atoms with Crippen LogP contribution in [0.25, 0.3) is 0 Å². The largest absolute Gasteiger partial charge is 0.357 e. The number of benzene rings is 1. The molecule has 0 saturated carbocycles. The molecule has 136 valence electrons. The summed E-state index contributed by atoms with van der Waals surface area (Å²) < 4.78 is 0. The van der Waals surface area contributed by atoms with Gasteiger partial charge in [0.15, 0.2) is 0 Å². The molecule has 0 bridgehead atoms. The van der Waals surface area contributed by atoms with Crippen molar-refractivity contribution in [1.29, 1.82) is 0 Å². The summed E-state index contributed by atoms with van der Waals surface area (Å²) in [4.78, 5) is 39.3. The summed E-state index contributed by atoms with van der Waals surface area (Å²) in [6, 6.07) is 9.66. The van der Waals surface area contributed by atoms with E-state index in [0.717, 1.165) is 13.0 Å². The van der Waals surface area contributed by atoms with Gasteiger partial charge in [0.1, 0.15) is 6.04 Å². The van der Waals surface area contributed by atoms with Gasteiger partial charge in [-0.1, -0.05) is 30.3 Å². The van der Waals surface area contributed by atoms with Crippen molar-refractivity contribution in [3.63, 3.8) is 0 Å². The summed E-state index contributed by atoms with van der Waals surface area (Å²) in [6.45, 7) is 3.82. The van der Waals surface area contributed by atoms with Gasteiger partial charge in [-0.25, -0.2) is 0 Å². The lowest BCUT2D eigenvalue weighted by molar-refractivity contribution is -0.143. The number of carbonyl (C=O) groups excluding carboxylic acids is 3. The van der Waals surface area contributed by atoms with Crippen LogP contribution in [0.4, 0.5) is 0 Å². The second-order valence-corrected chi connectivity index (χ2v) is 6.16. The van der Waals surface area contributed by atoms with Crippen molar-refractivity contribution in [2.75, 3.05) is 39.8 Å². The van der Waals surface area contributed by atoms with Crippen LogP contribution in [0.5, 0.6) is 0 Å². The third kappa shape index (κ3) is 5.56. The fourth-order valence-electron chi connectivity index (χ4n) is 2.97. The van der Waals surface area contributed by atoms with Gasteiger partial charge in [0.25, 0.3) is 0 Å². The molecular formula is C18H26N4O3. The lowest BCUT2D eigenvalue weighted by atomic mass is 10.1. The SMILES string of the molecule is CNC(=O)[C@H]1CN(CCc2ccccc2)CCN1C(=O)CNC(C)=O. The molecule has 0 spiro atoms. The zero-order valence-electron chi connectivity index (χ0n) is 14.8. The molecule has 7 nitrogen and oxygen atoms in total. The van der Waals surface area contributed by atoms with Gasteiger partial charge in [-0.05, 0) is 12.0 Å². The number of amides is 3. The van der Waals surface area contributed by atoms with E-state index in [2.05, 4.69) is 27.7 Å². The van der Waals surface area contributed by atoms with E-state index in [-0.39, 0.29) is 24.3 Å². The van der Waals surface area contributed by atoms with Crippen LogP contribution in [0.15, 0.2) is 30.3 Å². The maximum Gasteiger partial charge on any atom is 0.243 e. The zero-order valence-corrected chi connectivity index (χ0v) is 14.8. The molecule has 7 heteroatoms. The molecule has 3 amide bonds. The number of carbonyl (C=O) groups is 3. The number of nitrogens with zero attached hydrogens (tertiary/aromatic N) is 2. The first-order chi connectivity index (χ1) is 12.0. The van der Waals surface area contributed by atoms with Gasteiger partial charge in [-0.2, -0.15) is 0 Å². The molecule has 1 aromatic rings. The van der Waals surface area contributed by atoms with Crippen LogP contribution in [0, 0.1) is 0 Å². The lowest BCUT2D eigenvalue weighted by Gasteiger charge is -2.40. The quantitative estimate of drug-likeness (QED) is 0.736. The first-order valence-corrected chi connectivity index (χ1v) is 8.53. The highest BCUT2D eigenvalue weighted by Gasteiger charge is 2.34. The van der Waals surface area contributed by atoms with Gasteiger partial charge in [0.05, 0.1) is 6.54 Å². The fourth-order valence-corrected chi connectivity index (χ4v) is 2.97. The van der Waals surface area contributed by atoms with Gasteiger partial charge >= 0.3 is 0 Å². The number of rotatable bonds is 6. The molecule has 1 heterocycles. The average Bonchev–Trinajstić information content (AvgIpc) is 2.64. The number of nitrogens with one attached hydrogen (secondary N) is 2. The molecule has 1 aromatic carbocycles. The Bertz CT molecular complexity index is 606. The topological polar surface area (TPSA) is 81.8 Å². The van der Waals surface area contributed by atoms with Gasteiger partial charge < -0.3 is 15.5 Å². The highest BCUT2D eigenvalue weighted by Crippen LogP contribution is 2.12. The molecule has 0 unspecified atom stereocenters. The van der Waals surface area contributed by atoms with Crippen molar-refractivity contribution in [2.45, 2.75) is 19.4 Å². The van der Waals surface area contributed by atoms with Crippen molar-refractivity contribution in [2.24, 2.45) is 0 Å². The second-order valence-electron chi connectivity index (χ2n) is 6.16. The standard InChI is InChI=1S/C18H26N4O3/c1-14(23)20-12-17(24)22-11-10-21(13-16(22)18(25)19-2)9-8-15-6-4-3-5-7-15/h3-7,16H,8-13H2,1-2H3,(H,19,25)(H,20,23)/t16-/m1/s1. The Balaban J connectivity index is 1.95. The van der Waals surface area contributed by atoms with Crippen LogP contribution in [-0.4, -0.2) is 73.3 Å². The van der Waals surface area contributed by atoms with E-state index in [0.29, 0.717) is 19.6 Å². The lowest BCUT2D eigenvalue weighted by Crippen LogP contribution is -2.61. The minimum absolute atomic E-state index is 0.0765. The van der Waals surface area contributed by atoms with E-state index in [1.807, 2.05) is 18.2 Å². The van der Waals surface area contributed by atoms with Gasteiger partial charge in [-0.15, -0.1) is 0 Å². The summed E-state index contributed by atoms with van der Waals surface area (Å²) in [5.74, 6) is -0.668. The molecule has 0 radical (unpaired) electrons. The smallest absolute Gasteiger partial charge is 0.243 e. The van der Waals surface area contributed by atoms with Crippen molar-refractivity contribution < 1.29 is 14.4 Å². The van der Waals surface area contributed by atoms with Crippen molar-refractivity contribution >= 4 is 17.7 Å². The molecule has 1 fully saturated rings. The third-order valence-corrected chi connectivity index (χ3v) is 4.38. The first kappa shape index (κ1) is 18.9. The van der Waals surface area contributed by atoms with E-state index in [4.69, 9.17) is 0 Å². The fraction of sp³-hybridized carbons (Fsp3) is 0.500. The molecule has 1 aliphatic rings. The monoisotopic (exact) mass is 346 g/mol. The number of hydrogen-bond acceptors (Lipinski definition) is 4. The molecule has 1 aliphatic heterocycles. The van der Waals surface area contributed by atoms with Crippen LogP contribution in [0.3, 0.4) is 0 Å². The van der Waals surface area contributed by atoms with Crippen LogP contribution in [-0.2, 0) is 20.8 Å². The first-order valence-electron chi connectivity index (χ1n) is 8.53. The van der Waals surface area contributed by atoms with E-state index >= 15 is 0 Å². The Labute approximate surface area is 148 Å². The Morgan fingerprint density at radius 3 is 2.52 bits per heavy atom. The Hall–Kier alpha value is -2.41. The number of piperazine rings is 1. The van der Waals surface area contributed by atoms with Crippen LogP contribution in [0.1, 0.15) is 12.5 Å². The molecule has 25 heavy (non-hydrogen) atoms. The predicted octanol–water partition coefficient (Wildman–Crippen LogP) is -0.376. The van der Waals surface area contributed by atoms with Crippen LogP contribution in [0.2, 0.25) is 0 Å². The van der Waals surface area contributed by atoms with E-state index in [1.54, 1.807) is 11.9 Å². The molecule has 0 aliphatic carbocycles. The number of likely N-dealkylation sites (N-methyl/N-ethyl adjacent to an activating group) is 1. The average molecular weight is 346 g/mol. The maximum atomic E-state index is 12.3. The maximum absolute atomic E-state index is 12.3. The van der Waals surface area contributed by atoms with Gasteiger partial charge in [0.2, 0.25) is 17.7 Å². The molecular weight excluding hydrogens is 320 g/mol. The van der Waals surface area contributed by atoms with Crippen molar-refractivity contribution in [3.8, 4) is 0 Å². The summed E-state index contributed by atoms with van der Waals surface area (Å²) in [7, 11) is 1.57. The molecule has 2 N–H and O–H groups in total. The van der Waals surface area contributed by atoms with Gasteiger partial charge in [-0.3, -0.25) is 19.3 Å². The molecule has 2 rings (SSSR count). The molecule has 0 aromatic heterocycles. The summed E-state index contributed by atoms with van der Waals surface area (Å²) >= 11 is 0. The highest BCUT2D eigenvalue weighted by molar-refractivity contribution is 5.90. The third-order valence-electron chi connectivity index (χ3n) is 4.38. The second kappa shape index (κ2) is 9.17. The highest BCUT2D eigenvalue weighted by atomic mass is 16.2. The summed E-state index contributed by atoms with van der Waals surface area (Å²) in [6.07, 6.45) is 0.904. The minimum Gasteiger partial charge on any atom is -0.357 e. The molecule has 1 saturated heterocycles. The van der Waals surface area contributed by atoms with Crippen molar-refractivity contribution in [3.05, 3.63) is 35.9 Å². The van der Waals surface area contributed by atoms with E-state index < -0.39 is 6.04 Å². The predicted molar refractivity (Wildman–Crippen MR) is 94.8 cm³/mol. The minimum atomic E-state index is -0.532. The molecule has 1 atom stereocenters. The van der Waals surface area contributed by atoms with Crippen LogP contribution >= 0.6 is 0 Å². The van der Waals surface area contributed by atoms with E-state index in [1.165, 1.54) is 12.5 Å². The zero-order chi connectivity index (χ0) is 18.2. The normalized spacial score (nSPS) is 17.8.